The Labute approximate surface area is 61.9 Å². The molecule has 7 heteroatoms. The molecule has 40 valence electrons. The fourth-order valence-corrected chi connectivity index (χ4v) is 0. The Hall–Kier alpha value is 0.896. The van der Waals surface area contributed by atoms with Crippen LogP contribution >= 0.6 is 0 Å². The van der Waals surface area contributed by atoms with Gasteiger partial charge in [-0.15, -0.1) is 0 Å². The van der Waals surface area contributed by atoms with Gasteiger partial charge in [0.05, 0.1) is 0 Å². The third-order valence-corrected chi connectivity index (χ3v) is 0. The van der Waals surface area contributed by atoms with E-state index in [0.717, 1.165) is 0 Å². The second-order valence-electron chi connectivity index (χ2n) is 0.408. The Kier molecular flexibility index (Phi) is 11.3. The molecule has 0 bridgehead atoms. The smallest absolute Gasteiger partial charge is 0.759 e. The SMILES string of the molecule is O=S(=O)([O-])[O-].[Al+3].[Ni+2]. The first kappa shape index (κ1) is 15.7. The molecule has 7 heavy (non-hydrogen) atoms. The maximum atomic E-state index is 8.52. The van der Waals surface area contributed by atoms with Crippen LogP contribution in [0.25, 0.3) is 0 Å². The summed E-state index contributed by atoms with van der Waals surface area (Å²) in [6, 6.07) is 0. The van der Waals surface area contributed by atoms with E-state index in [1.807, 2.05) is 0 Å². The average molecular weight is 182 g/mol. The van der Waals surface area contributed by atoms with E-state index in [2.05, 4.69) is 0 Å². The van der Waals surface area contributed by atoms with Gasteiger partial charge >= 0.3 is 33.9 Å². The predicted molar refractivity (Wildman–Crippen MR) is 16.2 cm³/mol. The number of hydrogen-bond donors (Lipinski definition) is 0. The molecule has 0 aliphatic heterocycles. The van der Waals surface area contributed by atoms with Crippen LogP contribution in [0.2, 0.25) is 0 Å². The summed E-state index contributed by atoms with van der Waals surface area (Å²) in [4.78, 5) is 0. The predicted octanol–water partition coefficient (Wildman–Crippen LogP) is -1.72. The van der Waals surface area contributed by atoms with Crippen molar-refractivity contribution in [2.75, 3.05) is 0 Å². The van der Waals surface area contributed by atoms with Crippen molar-refractivity contribution in [3.63, 3.8) is 0 Å². The quantitative estimate of drug-likeness (QED) is 0.253. The van der Waals surface area contributed by atoms with Crippen molar-refractivity contribution >= 4 is 27.8 Å². The van der Waals surface area contributed by atoms with Crippen LogP contribution in [0.1, 0.15) is 0 Å². The fraction of sp³-hybridized carbons (Fsp3) is 0. The molecule has 0 rings (SSSR count). The summed E-state index contributed by atoms with van der Waals surface area (Å²) in [6.07, 6.45) is 0. The Morgan fingerprint density at radius 1 is 1.14 bits per heavy atom. The molecule has 0 saturated heterocycles. The molecule has 0 fully saturated rings. The van der Waals surface area contributed by atoms with E-state index in [1.54, 1.807) is 0 Å². The van der Waals surface area contributed by atoms with Crippen LogP contribution in [0.5, 0.6) is 0 Å². The first-order valence-corrected chi connectivity index (χ1v) is 2.00. The van der Waals surface area contributed by atoms with Crippen LogP contribution in [0.15, 0.2) is 0 Å². The molecule has 0 N–H and O–H groups in total. The van der Waals surface area contributed by atoms with Gasteiger partial charge in [-0.25, -0.2) is 0 Å². The summed E-state index contributed by atoms with van der Waals surface area (Å²) < 4.78 is 34.1. The van der Waals surface area contributed by atoms with Crippen LogP contribution in [-0.4, -0.2) is 34.9 Å². The molecule has 0 aliphatic carbocycles. The minimum Gasteiger partial charge on any atom is -0.759 e. The summed E-state index contributed by atoms with van der Waals surface area (Å²) >= 11 is 0. The second-order valence-corrected chi connectivity index (χ2v) is 1.22. The summed E-state index contributed by atoms with van der Waals surface area (Å²) in [5.41, 5.74) is 0. The Balaban J connectivity index is -0.0000000800. The Morgan fingerprint density at radius 3 is 1.14 bits per heavy atom. The van der Waals surface area contributed by atoms with E-state index in [4.69, 9.17) is 17.5 Å². The van der Waals surface area contributed by atoms with Gasteiger partial charge < -0.3 is 9.11 Å². The van der Waals surface area contributed by atoms with Gasteiger partial charge in [0, 0.05) is 10.4 Å². The molecule has 0 aromatic heterocycles. The van der Waals surface area contributed by atoms with Crippen molar-refractivity contribution < 1.29 is 34.0 Å². The molecule has 0 aromatic carbocycles. The van der Waals surface area contributed by atoms with Crippen molar-refractivity contribution in [3.05, 3.63) is 0 Å². The second kappa shape index (κ2) is 5.04. The Morgan fingerprint density at radius 2 is 1.14 bits per heavy atom. The topological polar surface area (TPSA) is 80.3 Å². The molecule has 0 saturated carbocycles. The van der Waals surface area contributed by atoms with E-state index >= 15 is 0 Å². The minimum absolute atomic E-state index is 0. The summed E-state index contributed by atoms with van der Waals surface area (Å²) in [5.74, 6) is 0. The van der Waals surface area contributed by atoms with Crippen LogP contribution in [0, 0.1) is 0 Å². The Bertz CT molecular complexity index is 94.9. The van der Waals surface area contributed by atoms with E-state index in [1.165, 1.54) is 0 Å². The average Bonchev–Trinajstić information content (AvgIpc) is 0.722. The van der Waals surface area contributed by atoms with E-state index in [-0.39, 0.29) is 33.9 Å². The number of rotatable bonds is 0. The van der Waals surface area contributed by atoms with Gasteiger partial charge in [0.1, 0.15) is 0 Å². The largest absolute Gasteiger partial charge is 3.00 e. The van der Waals surface area contributed by atoms with Crippen molar-refractivity contribution in [1.29, 1.82) is 0 Å². The van der Waals surface area contributed by atoms with Gasteiger partial charge in [-0.1, -0.05) is 0 Å². The zero-order chi connectivity index (χ0) is 4.50. The van der Waals surface area contributed by atoms with Gasteiger partial charge in [-0.3, -0.25) is 8.42 Å². The molecule has 0 unspecified atom stereocenters. The third-order valence-electron chi connectivity index (χ3n) is 0. The zero-order valence-electron chi connectivity index (χ0n) is 2.93. The van der Waals surface area contributed by atoms with Gasteiger partial charge in [0.15, 0.2) is 0 Å². The molecule has 0 amide bonds. The van der Waals surface area contributed by atoms with E-state index in [9.17, 15) is 0 Å². The normalized spacial score (nSPS) is 8.29. The fourth-order valence-electron chi connectivity index (χ4n) is 0. The zero-order valence-corrected chi connectivity index (χ0v) is 5.89. The molecular weight excluding hydrogens is 182 g/mol. The van der Waals surface area contributed by atoms with Crippen molar-refractivity contribution in [2.24, 2.45) is 0 Å². The van der Waals surface area contributed by atoms with E-state index < -0.39 is 10.4 Å². The summed E-state index contributed by atoms with van der Waals surface area (Å²) in [5, 5.41) is 0. The molecule has 0 atom stereocenters. The molecular formula is AlNiO4S+3. The van der Waals surface area contributed by atoms with Crippen molar-refractivity contribution in [3.8, 4) is 0 Å². The molecule has 0 radical (unpaired) electrons. The van der Waals surface area contributed by atoms with Gasteiger partial charge in [-0.2, -0.15) is 0 Å². The molecule has 0 heterocycles. The van der Waals surface area contributed by atoms with Gasteiger partial charge in [0.2, 0.25) is 0 Å². The monoisotopic (exact) mass is 181 g/mol. The van der Waals surface area contributed by atoms with Gasteiger partial charge in [-0.05, 0) is 0 Å². The first-order chi connectivity index (χ1) is 2.00. The molecule has 0 spiro atoms. The summed E-state index contributed by atoms with van der Waals surface area (Å²) in [6.45, 7) is 0. The first-order valence-electron chi connectivity index (χ1n) is 0.667. The van der Waals surface area contributed by atoms with E-state index in [0.29, 0.717) is 0 Å². The summed E-state index contributed by atoms with van der Waals surface area (Å²) in [7, 11) is -5.17. The van der Waals surface area contributed by atoms with Gasteiger partial charge in [0.25, 0.3) is 0 Å². The minimum atomic E-state index is -5.17. The maximum absolute atomic E-state index is 8.52. The van der Waals surface area contributed by atoms with Crippen molar-refractivity contribution in [2.45, 2.75) is 0 Å². The van der Waals surface area contributed by atoms with Crippen LogP contribution in [-0.2, 0) is 26.9 Å². The molecule has 0 aliphatic rings. The molecule has 0 aromatic rings. The molecule has 4 nitrogen and oxygen atoms in total. The van der Waals surface area contributed by atoms with Crippen LogP contribution in [0.3, 0.4) is 0 Å². The number of hydrogen-bond acceptors (Lipinski definition) is 4. The van der Waals surface area contributed by atoms with Crippen molar-refractivity contribution in [1.82, 2.24) is 0 Å². The third kappa shape index (κ3) is 206. The standard InChI is InChI=1S/Al.Ni.H2O4S/c;;1-5(2,3)4/h;;(H2,1,2,3,4)/q+3;+2;/p-2. The van der Waals surface area contributed by atoms with Crippen LogP contribution in [0.4, 0.5) is 0 Å². The van der Waals surface area contributed by atoms with Crippen LogP contribution < -0.4 is 0 Å². The maximum Gasteiger partial charge on any atom is 3.00 e.